The number of aryl methyl sites for hydroxylation is 1. The van der Waals surface area contributed by atoms with Gasteiger partial charge in [0.25, 0.3) is 11.8 Å². The van der Waals surface area contributed by atoms with Crippen LogP contribution in [0.2, 0.25) is 0 Å². The molecule has 6 nitrogen and oxygen atoms in total. The molecule has 0 heterocycles. The van der Waals surface area contributed by atoms with E-state index in [1.165, 1.54) is 24.8 Å². The molecule has 7 rings (SSSR count). The average molecular weight is 487 g/mol. The maximum absolute atomic E-state index is 13.4. The molecule has 4 fully saturated rings. The van der Waals surface area contributed by atoms with Gasteiger partial charge >= 0.3 is 5.97 Å². The predicted octanol–water partition coefficient (Wildman–Crippen LogP) is 4.74. The lowest BCUT2D eigenvalue weighted by Gasteiger charge is -2.56. The van der Waals surface area contributed by atoms with Crippen molar-refractivity contribution in [3.63, 3.8) is 0 Å². The fraction of sp³-hybridized carbons (Fsp3) is 0.500. The number of rotatable bonds is 6. The Hall–Kier alpha value is -3.15. The minimum atomic E-state index is -0.648. The summed E-state index contributed by atoms with van der Waals surface area (Å²) in [6.45, 7) is -0.373. The van der Waals surface area contributed by atoms with Crippen LogP contribution in [0.3, 0.4) is 0 Å². The predicted molar refractivity (Wildman–Crippen MR) is 135 cm³/mol. The Morgan fingerprint density at radius 3 is 2.22 bits per heavy atom. The van der Waals surface area contributed by atoms with Crippen LogP contribution in [0.25, 0.3) is 0 Å². The van der Waals surface area contributed by atoms with Gasteiger partial charge in [-0.3, -0.25) is 9.59 Å². The maximum Gasteiger partial charge on any atom is 0.339 e. The standard InChI is InChI=1S/C30H34N2O4/c33-27(31-26-11-5-7-22-6-1-2-8-23(22)26)18-36-29(35)25-10-4-3-9-24(25)28(34)32-30-15-19-12-20(16-30)14-21(13-19)17-30/h1-4,6,8-10,19-21,26H,5,7,11-18H2,(H,31,33)(H,32,34). The molecule has 36 heavy (non-hydrogen) atoms. The summed E-state index contributed by atoms with van der Waals surface area (Å²) in [5.41, 5.74) is 2.77. The SMILES string of the molecule is O=C(COC(=O)c1ccccc1C(=O)NC12CC3CC(CC(C3)C1)C2)NC1CCCc2ccccc21. The Morgan fingerprint density at radius 1 is 0.861 bits per heavy atom. The molecule has 5 aliphatic rings. The summed E-state index contributed by atoms with van der Waals surface area (Å²) in [6.07, 6.45) is 9.91. The molecule has 2 aromatic rings. The van der Waals surface area contributed by atoms with Crippen molar-refractivity contribution < 1.29 is 19.1 Å². The molecule has 0 aromatic heterocycles. The van der Waals surface area contributed by atoms with Crippen molar-refractivity contribution >= 4 is 17.8 Å². The molecule has 2 N–H and O–H groups in total. The first-order valence-electron chi connectivity index (χ1n) is 13.4. The summed E-state index contributed by atoms with van der Waals surface area (Å²) < 4.78 is 5.37. The van der Waals surface area contributed by atoms with Gasteiger partial charge < -0.3 is 15.4 Å². The number of benzene rings is 2. The summed E-state index contributed by atoms with van der Waals surface area (Å²) >= 11 is 0. The second-order valence-corrected chi connectivity index (χ2v) is 11.5. The van der Waals surface area contributed by atoms with Gasteiger partial charge in [0.15, 0.2) is 6.61 Å². The number of amides is 2. The molecular weight excluding hydrogens is 452 g/mol. The zero-order chi connectivity index (χ0) is 24.7. The second kappa shape index (κ2) is 9.38. The zero-order valence-corrected chi connectivity index (χ0v) is 20.6. The van der Waals surface area contributed by atoms with Gasteiger partial charge in [-0.1, -0.05) is 36.4 Å². The molecule has 5 aliphatic carbocycles. The first-order chi connectivity index (χ1) is 17.5. The maximum atomic E-state index is 13.4. The van der Waals surface area contributed by atoms with E-state index in [0.29, 0.717) is 23.3 Å². The van der Waals surface area contributed by atoms with Crippen LogP contribution >= 0.6 is 0 Å². The van der Waals surface area contributed by atoms with Crippen LogP contribution in [0.1, 0.15) is 89.3 Å². The highest BCUT2D eigenvalue weighted by Crippen LogP contribution is 2.55. The monoisotopic (exact) mass is 486 g/mol. The number of ether oxygens (including phenoxy) is 1. The molecule has 0 saturated heterocycles. The summed E-state index contributed by atoms with van der Waals surface area (Å²) in [6, 6.07) is 14.8. The van der Waals surface area contributed by atoms with Crippen molar-refractivity contribution in [2.45, 2.75) is 69.4 Å². The number of carbonyl (C=O) groups is 3. The van der Waals surface area contributed by atoms with Crippen LogP contribution in [-0.4, -0.2) is 29.9 Å². The highest BCUT2D eigenvalue weighted by atomic mass is 16.5. The van der Waals surface area contributed by atoms with Crippen molar-refractivity contribution in [1.82, 2.24) is 10.6 Å². The molecule has 188 valence electrons. The molecule has 4 saturated carbocycles. The van der Waals surface area contributed by atoms with Crippen molar-refractivity contribution in [3.05, 3.63) is 70.8 Å². The normalized spacial score (nSPS) is 29.8. The van der Waals surface area contributed by atoms with E-state index in [1.807, 2.05) is 18.2 Å². The van der Waals surface area contributed by atoms with Crippen molar-refractivity contribution in [2.24, 2.45) is 17.8 Å². The topological polar surface area (TPSA) is 84.5 Å². The van der Waals surface area contributed by atoms with Crippen LogP contribution in [0.4, 0.5) is 0 Å². The number of esters is 1. The van der Waals surface area contributed by atoms with Crippen LogP contribution < -0.4 is 10.6 Å². The number of carbonyl (C=O) groups excluding carboxylic acids is 3. The van der Waals surface area contributed by atoms with E-state index < -0.39 is 5.97 Å². The Kier molecular flexibility index (Phi) is 6.06. The average Bonchev–Trinajstić information content (AvgIpc) is 2.86. The molecule has 0 spiro atoms. The van der Waals surface area contributed by atoms with Gasteiger partial charge in [0.05, 0.1) is 17.2 Å². The molecule has 1 unspecified atom stereocenters. The van der Waals surface area contributed by atoms with E-state index in [0.717, 1.165) is 44.1 Å². The second-order valence-electron chi connectivity index (χ2n) is 11.5. The van der Waals surface area contributed by atoms with E-state index in [2.05, 4.69) is 16.7 Å². The van der Waals surface area contributed by atoms with Gasteiger partial charge in [0.1, 0.15) is 0 Å². The van der Waals surface area contributed by atoms with Crippen LogP contribution in [0, 0.1) is 17.8 Å². The summed E-state index contributed by atoms with van der Waals surface area (Å²) in [5, 5.41) is 6.35. The quantitative estimate of drug-likeness (QED) is 0.578. The summed E-state index contributed by atoms with van der Waals surface area (Å²) in [5.74, 6) is 0.947. The Balaban J connectivity index is 1.09. The largest absolute Gasteiger partial charge is 0.452 e. The highest BCUT2D eigenvalue weighted by molar-refractivity contribution is 6.06. The minimum Gasteiger partial charge on any atom is -0.452 e. The first kappa shape index (κ1) is 23.3. The molecular formula is C30H34N2O4. The molecule has 4 bridgehead atoms. The van der Waals surface area contributed by atoms with E-state index in [1.54, 1.807) is 24.3 Å². The Morgan fingerprint density at radius 2 is 1.50 bits per heavy atom. The smallest absolute Gasteiger partial charge is 0.339 e. The lowest BCUT2D eigenvalue weighted by atomic mass is 9.53. The van der Waals surface area contributed by atoms with Crippen molar-refractivity contribution in [3.8, 4) is 0 Å². The van der Waals surface area contributed by atoms with E-state index in [-0.39, 0.29) is 35.6 Å². The Bertz CT molecular complexity index is 1150. The highest BCUT2D eigenvalue weighted by Gasteiger charge is 2.51. The minimum absolute atomic E-state index is 0.0699. The molecule has 6 heteroatoms. The van der Waals surface area contributed by atoms with Gasteiger partial charge in [0.2, 0.25) is 0 Å². The first-order valence-corrected chi connectivity index (χ1v) is 13.4. The Labute approximate surface area is 212 Å². The number of fused-ring (bicyclic) bond motifs is 1. The van der Waals surface area contributed by atoms with Crippen molar-refractivity contribution in [1.29, 1.82) is 0 Å². The molecule has 2 aromatic carbocycles. The van der Waals surface area contributed by atoms with Crippen molar-refractivity contribution in [2.75, 3.05) is 6.61 Å². The molecule has 0 aliphatic heterocycles. The molecule has 1 atom stereocenters. The number of hydrogen-bond acceptors (Lipinski definition) is 4. The third-order valence-corrected chi connectivity index (χ3v) is 8.85. The lowest BCUT2D eigenvalue weighted by Crippen LogP contribution is -2.59. The summed E-state index contributed by atoms with van der Waals surface area (Å²) in [7, 11) is 0. The van der Waals surface area contributed by atoms with E-state index in [9.17, 15) is 14.4 Å². The zero-order valence-electron chi connectivity index (χ0n) is 20.6. The van der Waals surface area contributed by atoms with Crippen LogP contribution in [-0.2, 0) is 16.0 Å². The van der Waals surface area contributed by atoms with Gasteiger partial charge in [-0.15, -0.1) is 0 Å². The van der Waals surface area contributed by atoms with E-state index >= 15 is 0 Å². The van der Waals surface area contributed by atoms with E-state index in [4.69, 9.17) is 4.74 Å². The van der Waals surface area contributed by atoms with Crippen LogP contribution in [0.5, 0.6) is 0 Å². The number of nitrogens with one attached hydrogen (secondary N) is 2. The summed E-state index contributed by atoms with van der Waals surface area (Å²) in [4.78, 5) is 38.9. The lowest BCUT2D eigenvalue weighted by molar-refractivity contribution is -0.125. The van der Waals surface area contributed by atoms with Gasteiger partial charge in [-0.25, -0.2) is 4.79 Å². The third kappa shape index (κ3) is 4.54. The fourth-order valence-electron chi connectivity index (χ4n) is 7.78. The third-order valence-electron chi connectivity index (χ3n) is 8.85. The van der Waals surface area contributed by atoms with Gasteiger partial charge in [0, 0.05) is 5.54 Å². The van der Waals surface area contributed by atoms with Gasteiger partial charge in [-0.2, -0.15) is 0 Å². The fourth-order valence-corrected chi connectivity index (χ4v) is 7.78. The molecule has 2 amide bonds. The van der Waals surface area contributed by atoms with Crippen LogP contribution in [0.15, 0.2) is 48.5 Å². The molecule has 0 radical (unpaired) electrons. The number of hydrogen-bond donors (Lipinski definition) is 2. The van der Waals surface area contributed by atoms with Gasteiger partial charge in [-0.05, 0) is 98.8 Å².